The number of halogens is 1. The Kier molecular flexibility index (Phi) is 10.0. The van der Waals surface area contributed by atoms with Crippen LogP contribution in [0.3, 0.4) is 0 Å². The lowest BCUT2D eigenvalue weighted by molar-refractivity contribution is 0.117. The molecule has 0 bridgehead atoms. The summed E-state index contributed by atoms with van der Waals surface area (Å²) in [5, 5.41) is 6.53. The highest BCUT2D eigenvalue weighted by atomic mass is 127. The summed E-state index contributed by atoms with van der Waals surface area (Å²) in [6.07, 6.45) is 2.53. The lowest BCUT2D eigenvalue weighted by Gasteiger charge is -2.13. The van der Waals surface area contributed by atoms with Gasteiger partial charge in [0.05, 0.1) is 19.2 Å². The van der Waals surface area contributed by atoms with Gasteiger partial charge in [0.25, 0.3) is 0 Å². The Labute approximate surface area is 156 Å². The SMILES string of the molecule is CCNC(=NCC1CCCO1)NCCOc1cccc(C)c1.I. The van der Waals surface area contributed by atoms with Crippen LogP contribution in [0.1, 0.15) is 25.3 Å². The van der Waals surface area contributed by atoms with Gasteiger partial charge < -0.3 is 20.1 Å². The van der Waals surface area contributed by atoms with Gasteiger partial charge in [-0.2, -0.15) is 0 Å². The van der Waals surface area contributed by atoms with E-state index in [4.69, 9.17) is 9.47 Å². The van der Waals surface area contributed by atoms with Crippen molar-refractivity contribution in [3.8, 4) is 5.75 Å². The Hall–Kier alpha value is -1.02. The van der Waals surface area contributed by atoms with E-state index < -0.39 is 0 Å². The second-order valence-corrected chi connectivity index (χ2v) is 5.45. The van der Waals surface area contributed by atoms with Gasteiger partial charge in [-0.15, -0.1) is 24.0 Å². The molecule has 1 unspecified atom stereocenters. The van der Waals surface area contributed by atoms with E-state index in [1.807, 2.05) is 18.2 Å². The average molecular weight is 433 g/mol. The van der Waals surface area contributed by atoms with Crippen molar-refractivity contribution in [1.29, 1.82) is 0 Å². The number of guanidine groups is 1. The Morgan fingerprint density at radius 1 is 1.39 bits per heavy atom. The first-order valence-electron chi connectivity index (χ1n) is 8.11. The molecule has 1 saturated heterocycles. The normalized spacial score (nSPS) is 17.5. The average Bonchev–Trinajstić information content (AvgIpc) is 3.02. The molecule has 0 radical (unpaired) electrons. The summed E-state index contributed by atoms with van der Waals surface area (Å²) in [6.45, 7) is 7.87. The number of hydrogen-bond acceptors (Lipinski definition) is 3. The fourth-order valence-corrected chi connectivity index (χ4v) is 2.37. The molecule has 6 heteroatoms. The molecule has 5 nitrogen and oxygen atoms in total. The molecule has 2 N–H and O–H groups in total. The second-order valence-electron chi connectivity index (χ2n) is 5.45. The Balaban J connectivity index is 0.00000264. The Morgan fingerprint density at radius 2 is 2.26 bits per heavy atom. The van der Waals surface area contributed by atoms with Gasteiger partial charge in [-0.05, 0) is 44.4 Å². The molecule has 0 aromatic heterocycles. The van der Waals surface area contributed by atoms with Gasteiger partial charge in [0.1, 0.15) is 12.4 Å². The molecule has 130 valence electrons. The van der Waals surface area contributed by atoms with Crippen molar-refractivity contribution in [2.24, 2.45) is 4.99 Å². The number of hydrogen-bond donors (Lipinski definition) is 2. The number of ether oxygens (including phenoxy) is 2. The molecule has 1 aromatic carbocycles. The van der Waals surface area contributed by atoms with Crippen LogP contribution >= 0.6 is 24.0 Å². The van der Waals surface area contributed by atoms with Gasteiger partial charge in [-0.3, -0.25) is 4.99 Å². The quantitative estimate of drug-likeness (QED) is 0.301. The fourth-order valence-electron chi connectivity index (χ4n) is 2.37. The number of aliphatic imine (C=N–C) groups is 1. The zero-order valence-corrected chi connectivity index (χ0v) is 16.3. The summed E-state index contributed by atoms with van der Waals surface area (Å²) in [5.74, 6) is 1.73. The molecule has 1 aliphatic rings. The van der Waals surface area contributed by atoms with Gasteiger partial charge in [-0.1, -0.05) is 12.1 Å². The Bertz CT molecular complexity index is 477. The second kappa shape index (κ2) is 11.5. The topological polar surface area (TPSA) is 54.9 Å². The monoisotopic (exact) mass is 433 g/mol. The number of benzene rings is 1. The predicted molar refractivity (Wildman–Crippen MR) is 105 cm³/mol. The van der Waals surface area contributed by atoms with Crippen molar-refractivity contribution in [3.63, 3.8) is 0 Å². The lowest BCUT2D eigenvalue weighted by Crippen LogP contribution is -2.39. The summed E-state index contributed by atoms with van der Waals surface area (Å²) in [5.41, 5.74) is 1.21. The third-order valence-corrected chi connectivity index (χ3v) is 3.47. The van der Waals surface area contributed by atoms with Crippen LogP contribution < -0.4 is 15.4 Å². The number of rotatable bonds is 7. The van der Waals surface area contributed by atoms with Crippen LogP contribution in [-0.2, 0) is 4.74 Å². The van der Waals surface area contributed by atoms with Crippen molar-refractivity contribution < 1.29 is 9.47 Å². The van der Waals surface area contributed by atoms with E-state index in [2.05, 4.69) is 35.5 Å². The molecule has 0 aliphatic carbocycles. The summed E-state index contributed by atoms with van der Waals surface area (Å²) in [4.78, 5) is 4.57. The molecule has 0 saturated carbocycles. The van der Waals surface area contributed by atoms with E-state index in [-0.39, 0.29) is 30.1 Å². The van der Waals surface area contributed by atoms with Crippen molar-refractivity contribution in [3.05, 3.63) is 29.8 Å². The van der Waals surface area contributed by atoms with Gasteiger partial charge in [0, 0.05) is 13.2 Å². The summed E-state index contributed by atoms with van der Waals surface area (Å²) in [6, 6.07) is 8.08. The molecule has 0 amide bonds. The maximum Gasteiger partial charge on any atom is 0.191 e. The molecule has 1 heterocycles. The van der Waals surface area contributed by atoms with Crippen LogP contribution in [-0.4, -0.2) is 44.9 Å². The van der Waals surface area contributed by atoms with Crippen LogP contribution in [0.4, 0.5) is 0 Å². The molecular weight excluding hydrogens is 405 g/mol. The van der Waals surface area contributed by atoms with E-state index in [0.29, 0.717) is 19.7 Å². The smallest absolute Gasteiger partial charge is 0.191 e. The summed E-state index contributed by atoms with van der Waals surface area (Å²) in [7, 11) is 0. The van der Waals surface area contributed by atoms with Crippen molar-refractivity contribution >= 4 is 29.9 Å². The standard InChI is InChI=1S/C17H27N3O2.HI/c1-3-18-17(20-13-16-8-5-10-21-16)19-9-11-22-15-7-4-6-14(2)12-15;/h4,6-7,12,16H,3,5,8-11,13H2,1-2H3,(H2,18,19,20);1H. The first kappa shape index (κ1) is 20.0. The number of aryl methyl sites for hydroxylation is 1. The van der Waals surface area contributed by atoms with Crippen molar-refractivity contribution in [1.82, 2.24) is 10.6 Å². The van der Waals surface area contributed by atoms with Gasteiger partial charge in [-0.25, -0.2) is 0 Å². The minimum Gasteiger partial charge on any atom is -0.492 e. The highest BCUT2D eigenvalue weighted by Crippen LogP contribution is 2.12. The first-order chi connectivity index (χ1) is 10.8. The molecule has 1 aromatic rings. The minimum atomic E-state index is 0. The maximum atomic E-state index is 5.72. The maximum absolute atomic E-state index is 5.72. The molecule has 2 rings (SSSR count). The van der Waals surface area contributed by atoms with Crippen LogP contribution in [0, 0.1) is 6.92 Å². The van der Waals surface area contributed by atoms with E-state index in [1.54, 1.807) is 0 Å². The number of nitrogens with zero attached hydrogens (tertiary/aromatic N) is 1. The molecule has 23 heavy (non-hydrogen) atoms. The van der Waals surface area contributed by atoms with Crippen LogP contribution in [0.15, 0.2) is 29.3 Å². The summed E-state index contributed by atoms with van der Waals surface area (Å²) < 4.78 is 11.3. The zero-order valence-electron chi connectivity index (χ0n) is 14.0. The summed E-state index contributed by atoms with van der Waals surface area (Å²) >= 11 is 0. The van der Waals surface area contributed by atoms with Crippen LogP contribution in [0.25, 0.3) is 0 Å². The fraction of sp³-hybridized carbons (Fsp3) is 0.588. The largest absolute Gasteiger partial charge is 0.492 e. The Morgan fingerprint density at radius 3 is 2.96 bits per heavy atom. The van der Waals surface area contributed by atoms with Crippen molar-refractivity contribution in [2.75, 3.05) is 32.8 Å². The molecule has 1 fully saturated rings. The van der Waals surface area contributed by atoms with E-state index in [0.717, 1.165) is 37.7 Å². The molecular formula is C17H28IN3O2. The van der Waals surface area contributed by atoms with Crippen LogP contribution in [0.5, 0.6) is 5.75 Å². The molecule has 1 atom stereocenters. The van der Waals surface area contributed by atoms with Crippen molar-refractivity contribution in [2.45, 2.75) is 32.8 Å². The zero-order chi connectivity index (χ0) is 15.6. The highest BCUT2D eigenvalue weighted by molar-refractivity contribution is 14.0. The van der Waals surface area contributed by atoms with E-state index in [1.165, 1.54) is 5.56 Å². The van der Waals surface area contributed by atoms with E-state index >= 15 is 0 Å². The molecule has 1 aliphatic heterocycles. The third-order valence-electron chi connectivity index (χ3n) is 3.47. The third kappa shape index (κ3) is 7.87. The predicted octanol–water partition coefficient (Wildman–Crippen LogP) is 2.73. The van der Waals surface area contributed by atoms with Gasteiger partial charge in [0.15, 0.2) is 5.96 Å². The lowest BCUT2D eigenvalue weighted by atomic mass is 10.2. The van der Waals surface area contributed by atoms with Gasteiger partial charge >= 0.3 is 0 Å². The number of nitrogens with one attached hydrogen (secondary N) is 2. The first-order valence-corrected chi connectivity index (χ1v) is 8.11. The van der Waals surface area contributed by atoms with E-state index in [9.17, 15) is 0 Å². The van der Waals surface area contributed by atoms with Crippen LogP contribution in [0.2, 0.25) is 0 Å². The molecule has 0 spiro atoms. The van der Waals surface area contributed by atoms with Gasteiger partial charge in [0.2, 0.25) is 0 Å². The minimum absolute atomic E-state index is 0. The highest BCUT2D eigenvalue weighted by Gasteiger charge is 2.14.